The molecule has 0 unspecified atom stereocenters. The number of esters is 1. The largest absolute Gasteiger partial charge is 0.464 e. The van der Waals surface area contributed by atoms with Crippen LogP contribution >= 0.6 is 0 Å². The van der Waals surface area contributed by atoms with Crippen LogP contribution in [-0.4, -0.2) is 18.0 Å². The fourth-order valence-electron chi connectivity index (χ4n) is 3.49. The molecule has 0 saturated carbocycles. The van der Waals surface area contributed by atoms with E-state index in [-0.39, 0.29) is 12.3 Å². The van der Waals surface area contributed by atoms with Crippen molar-refractivity contribution in [2.24, 2.45) is 0 Å². The Morgan fingerprint density at radius 3 is 2.57 bits per heavy atom. The summed E-state index contributed by atoms with van der Waals surface area (Å²) in [7, 11) is 0. The second-order valence-corrected chi connectivity index (χ2v) is 7.52. The van der Waals surface area contributed by atoms with Gasteiger partial charge in [0.25, 0.3) is 5.91 Å². The molecule has 1 atom stereocenters. The summed E-state index contributed by atoms with van der Waals surface area (Å²) >= 11 is 0. The molecule has 5 heteroatoms. The second-order valence-electron chi connectivity index (χ2n) is 7.52. The third-order valence-electron chi connectivity index (χ3n) is 5.33. The topological polar surface area (TPSA) is 68.5 Å². The molecule has 3 aromatic carbocycles. The summed E-state index contributed by atoms with van der Waals surface area (Å²) in [5.74, 6) is -0.847. The number of hydrogen-bond donors (Lipinski definition) is 1. The molecule has 0 saturated heterocycles. The van der Waals surface area contributed by atoms with Crippen molar-refractivity contribution in [2.75, 3.05) is 5.32 Å². The van der Waals surface area contributed by atoms with E-state index in [1.807, 2.05) is 68.4 Å². The molecule has 5 nitrogen and oxygen atoms in total. The van der Waals surface area contributed by atoms with E-state index < -0.39 is 12.1 Å². The number of benzene rings is 3. The van der Waals surface area contributed by atoms with Crippen molar-refractivity contribution in [3.05, 3.63) is 77.6 Å². The number of amides is 1. The third kappa shape index (κ3) is 3.92. The van der Waals surface area contributed by atoms with Gasteiger partial charge in [-0.2, -0.15) is 0 Å². The molecular weight excluding hydrogens is 378 g/mol. The number of furan rings is 1. The van der Waals surface area contributed by atoms with Gasteiger partial charge in [-0.3, -0.25) is 9.59 Å². The van der Waals surface area contributed by atoms with Gasteiger partial charge < -0.3 is 14.5 Å². The molecule has 0 spiro atoms. The maximum atomic E-state index is 12.6. The van der Waals surface area contributed by atoms with E-state index >= 15 is 0 Å². The average Bonchev–Trinajstić information content (AvgIpc) is 3.09. The summed E-state index contributed by atoms with van der Waals surface area (Å²) in [6.07, 6.45) is 0.700. The van der Waals surface area contributed by atoms with Gasteiger partial charge >= 0.3 is 5.97 Å². The van der Waals surface area contributed by atoms with Crippen LogP contribution in [0, 0.1) is 13.8 Å². The lowest BCUT2D eigenvalue weighted by Crippen LogP contribution is -2.30. The average molecular weight is 401 g/mol. The van der Waals surface area contributed by atoms with Crippen molar-refractivity contribution in [1.29, 1.82) is 0 Å². The summed E-state index contributed by atoms with van der Waals surface area (Å²) in [6, 6.07) is 17.4. The number of carbonyl (C=O) groups excluding carboxylic acids is 2. The van der Waals surface area contributed by atoms with Crippen LogP contribution in [0.25, 0.3) is 21.7 Å². The molecule has 1 N–H and O–H groups in total. The first-order chi connectivity index (χ1) is 14.4. The number of anilines is 1. The third-order valence-corrected chi connectivity index (χ3v) is 5.33. The number of aryl methyl sites for hydroxylation is 2. The van der Waals surface area contributed by atoms with E-state index in [2.05, 4.69) is 5.32 Å². The van der Waals surface area contributed by atoms with Crippen LogP contribution in [0.1, 0.15) is 23.6 Å². The second kappa shape index (κ2) is 8.03. The Hall–Kier alpha value is -3.60. The van der Waals surface area contributed by atoms with Gasteiger partial charge in [-0.15, -0.1) is 0 Å². The van der Waals surface area contributed by atoms with Crippen LogP contribution < -0.4 is 5.32 Å². The minimum atomic E-state index is -0.918. The van der Waals surface area contributed by atoms with Crippen molar-refractivity contribution < 1.29 is 18.7 Å². The Morgan fingerprint density at radius 1 is 1.00 bits per heavy atom. The minimum Gasteiger partial charge on any atom is -0.464 e. The molecular formula is C25H23NO4. The molecule has 0 fully saturated rings. The fourth-order valence-corrected chi connectivity index (χ4v) is 3.49. The molecule has 0 aliphatic rings. The Labute approximate surface area is 174 Å². The number of fused-ring (bicyclic) bond motifs is 2. The number of ether oxygens (including phenoxy) is 1. The highest BCUT2D eigenvalue weighted by Gasteiger charge is 2.20. The Morgan fingerprint density at radius 2 is 1.73 bits per heavy atom. The van der Waals surface area contributed by atoms with Crippen molar-refractivity contribution in [1.82, 2.24) is 0 Å². The number of hydrogen-bond acceptors (Lipinski definition) is 4. The summed E-state index contributed by atoms with van der Waals surface area (Å²) in [5.41, 5.74) is 4.43. The highest BCUT2D eigenvalue weighted by Crippen LogP contribution is 2.26. The number of carbonyl (C=O) groups is 2. The molecule has 0 bridgehead atoms. The molecule has 0 aliphatic heterocycles. The smallest absolute Gasteiger partial charge is 0.311 e. The van der Waals surface area contributed by atoms with E-state index in [0.29, 0.717) is 5.69 Å². The van der Waals surface area contributed by atoms with Crippen LogP contribution in [0.5, 0.6) is 0 Å². The molecule has 0 radical (unpaired) electrons. The minimum absolute atomic E-state index is 0.0430. The van der Waals surface area contributed by atoms with E-state index in [1.54, 1.807) is 13.2 Å². The number of rotatable bonds is 5. The lowest BCUT2D eigenvalue weighted by atomic mass is 10.0. The predicted molar refractivity (Wildman–Crippen MR) is 118 cm³/mol. The van der Waals surface area contributed by atoms with Gasteiger partial charge in [0.2, 0.25) is 0 Å². The van der Waals surface area contributed by atoms with Gasteiger partial charge in [-0.05, 0) is 55.5 Å². The van der Waals surface area contributed by atoms with Crippen molar-refractivity contribution in [3.8, 4) is 0 Å². The highest BCUT2D eigenvalue weighted by molar-refractivity contribution is 6.03. The van der Waals surface area contributed by atoms with Gasteiger partial charge in [0.05, 0.1) is 12.7 Å². The predicted octanol–water partition coefficient (Wildman–Crippen LogP) is 5.32. The zero-order valence-corrected chi connectivity index (χ0v) is 17.2. The van der Waals surface area contributed by atoms with Crippen molar-refractivity contribution >= 4 is 39.3 Å². The highest BCUT2D eigenvalue weighted by atomic mass is 16.5. The quantitative estimate of drug-likeness (QED) is 0.460. The SMILES string of the molecule is Cc1cc2occ(CC(=O)O[C@H](C)C(=O)Nc3cccc4ccccc34)c2cc1C. The van der Waals surface area contributed by atoms with E-state index in [1.165, 1.54) is 0 Å². The first-order valence-corrected chi connectivity index (χ1v) is 9.88. The Kier molecular flexibility index (Phi) is 5.27. The molecule has 1 amide bonds. The molecule has 0 aliphatic carbocycles. The van der Waals surface area contributed by atoms with Crippen LogP contribution in [0.15, 0.2) is 65.3 Å². The fraction of sp³-hybridized carbons (Fsp3) is 0.200. The molecule has 152 valence electrons. The molecule has 1 aromatic heterocycles. The van der Waals surface area contributed by atoms with Crippen LogP contribution in [-0.2, 0) is 20.7 Å². The van der Waals surface area contributed by atoms with E-state index in [0.717, 1.165) is 38.4 Å². The normalized spacial score (nSPS) is 12.1. The van der Waals surface area contributed by atoms with Gasteiger partial charge in [0.1, 0.15) is 5.58 Å². The van der Waals surface area contributed by atoms with E-state index in [9.17, 15) is 9.59 Å². The summed E-state index contributed by atoms with van der Waals surface area (Å²) < 4.78 is 11.0. The van der Waals surface area contributed by atoms with Gasteiger partial charge in [0.15, 0.2) is 6.10 Å². The lowest BCUT2D eigenvalue weighted by molar-refractivity contribution is -0.152. The zero-order chi connectivity index (χ0) is 21.3. The first-order valence-electron chi connectivity index (χ1n) is 9.88. The van der Waals surface area contributed by atoms with Crippen molar-refractivity contribution in [2.45, 2.75) is 33.3 Å². The lowest BCUT2D eigenvalue weighted by Gasteiger charge is -2.14. The van der Waals surface area contributed by atoms with Crippen LogP contribution in [0.4, 0.5) is 5.69 Å². The Balaban J connectivity index is 1.43. The standard InChI is InChI=1S/C25H23NO4/c1-15-11-21-19(14-29-23(21)12-16(15)2)13-24(27)30-17(3)25(28)26-22-10-6-8-18-7-4-5-9-20(18)22/h4-12,14,17H,13H2,1-3H3,(H,26,28)/t17-/m1/s1. The maximum Gasteiger partial charge on any atom is 0.311 e. The molecule has 1 heterocycles. The van der Waals surface area contributed by atoms with Gasteiger partial charge in [-0.1, -0.05) is 36.4 Å². The Bertz CT molecular complexity index is 1250. The van der Waals surface area contributed by atoms with Crippen LogP contribution in [0.3, 0.4) is 0 Å². The van der Waals surface area contributed by atoms with Gasteiger partial charge in [0, 0.05) is 22.0 Å². The summed E-state index contributed by atoms with van der Waals surface area (Å²) in [4.78, 5) is 25.0. The molecule has 30 heavy (non-hydrogen) atoms. The first kappa shape index (κ1) is 19.7. The zero-order valence-electron chi connectivity index (χ0n) is 17.2. The number of nitrogens with one attached hydrogen (secondary N) is 1. The van der Waals surface area contributed by atoms with E-state index in [4.69, 9.17) is 9.15 Å². The summed E-state index contributed by atoms with van der Waals surface area (Å²) in [6.45, 7) is 5.60. The summed E-state index contributed by atoms with van der Waals surface area (Å²) in [5, 5.41) is 5.71. The molecule has 4 rings (SSSR count). The monoisotopic (exact) mass is 401 g/mol. The van der Waals surface area contributed by atoms with Crippen molar-refractivity contribution in [3.63, 3.8) is 0 Å². The van der Waals surface area contributed by atoms with Gasteiger partial charge in [-0.25, -0.2) is 0 Å². The molecule has 4 aromatic rings. The maximum absolute atomic E-state index is 12.6. The van der Waals surface area contributed by atoms with Crippen LogP contribution in [0.2, 0.25) is 0 Å².